The third-order valence-corrected chi connectivity index (χ3v) is 2.72. The second-order valence-electron chi connectivity index (χ2n) is 4.31. The number of phenols is 1. The Kier molecular flexibility index (Phi) is 6.69. The normalized spacial score (nSPS) is 10.1. The summed E-state index contributed by atoms with van der Waals surface area (Å²) in [4.78, 5) is 11.5. The summed E-state index contributed by atoms with van der Waals surface area (Å²) in [6, 6.07) is 6.41. The molecule has 0 aliphatic rings. The van der Waals surface area contributed by atoms with Crippen LogP contribution in [0.5, 0.6) is 5.75 Å². The Hall–Kier alpha value is -1.71. The van der Waals surface area contributed by atoms with Gasteiger partial charge >= 0.3 is 6.03 Å². The lowest BCUT2D eigenvalue weighted by Crippen LogP contribution is -2.29. The first-order valence-corrected chi connectivity index (χ1v) is 6.57. The Balaban J connectivity index is 2.16. The number of phenolic OH excluding ortho intramolecular Hbond substituents is 1. The topological polar surface area (TPSA) is 61.4 Å². The van der Waals surface area contributed by atoms with Gasteiger partial charge in [-0.25, -0.2) is 4.79 Å². The van der Waals surface area contributed by atoms with Gasteiger partial charge in [-0.05, 0) is 18.6 Å². The Labute approximate surface area is 108 Å². The number of hydrogen-bond acceptors (Lipinski definition) is 2. The number of carbonyl (C=O) groups excluding carboxylic acids is 1. The van der Waals surface area contributed by atoms with Gasteiger partial charge in [0.15, 0.2) is 0 Å². The summed E-state index contributed by atoms with van der Waals surface area (Å²) in [6.07, 6.45) is 5.84. The average Bonchev–Trinajstić information content (AvgIpc) is 2.36. The minimum atomic E-state index is -0.271. The zero-order chi connectivity index (χ0) is 13.2. The molecule has 1 aromatic rings. The van der Waals surface area contributed by atoms with Crippen LogP contribution < -0.4 is 10.6 Å². The van der Waals surface area contributed by atoms with Crippen LogP contribution in [-0.2, 0) is 0 Å². The van der Waals surface area contributed by atoms with Crippen molar-refractivity contribution in [2.75, 3.05) is 11.9 Å². The zero-order valence-electron chi connectivity index (χ0n) is 10.9. The van der Waals surface area contributed by atoms with E-state index in [1.165, 1.54) is 19.3 Å². The molecule has 0 spiro atoms. The molecule has 0 saturated heterocycles. The van der Waals surface area contributed by atoms with Gasteiger partial charge in [-0.3, -0.25) is 0 Å². The van der Waals surface area contributed by atoms with Gasteiger partial charge in [-0.15, -0.1) is 0 Å². The van der Waals surface area contributed by atoms with Crippen molar-refractivity contribution in [3.05, 3.63) is 24.3 Å². The molecule has 4 heteroatoms. The molecule has 0 saturated carbocycles. The van der Waals surface area contributed by atoms with Crippen LogP contribution in [0.3, 0.4) is 0 Å². The van der Waals surface area contributed by atoms with Crippen LogP contribution in [0.25, 0.3) is 0 Å². The molecule has 0 aromatic heterocycles. The van der Waals surface area contributed by atoms with Crippen LogP contribution in [0.15, 0.2) is 24.3 Å². The quantitative estimate of drug-likeness (QED) is 0.512. The number of aromatic hydroxyl groups is 1. The predicted octanol–water partition coefficient (Wildman–Crippen LogP) is 3.48. The molecule has 0 aliphatic heterocycles. The van der Waals surface area contributed by atoms with Crippen molar-refractivity contribution in [3.8, 4) is 5.75 Å². The number of amides is 2. The molecule has 1 aromatic carbocycles. The van der Waals surface area contributed by atoms with E-state index in [2.05, 4.69) is 17.6 Å². The van der Waals surface area contributed by atoms with Crippen LogP contribution in [-0.4, -0.2) is 17.7 Å². The predicted molar refractivity (Wildman–Crippen MR) is 73.9 cm³/mol. The monoisotopic (exact) mass is 250 g/mol. The fourth-order valence-electron chi connectivity index (χ4n) is 1.68. The van der Waals surface area contributed by atoms with Gasteiger partial charge in [0.2, 0.25) is 0 Å². The fraction of sp³-hybridized carbons (Fsp3) is 0.500. The van der Waals surface area contributed by atoms with Crippen LogP contribution in [0, 0.1) is 0 Å². The summed E-state index contributed by atoms with van der Waals surface area (Å²) in [6.45, 7) is 2.85. The number of urea groups is 1. The molecule has 2 amide bonds. The Morgan fingerprint density at radius 1 is 1.17 bits per heavy atom. The summed E-state index contributed by atoms with van der Waals surface area (Å²) >= 11 is 0. The molecule has 100 valence electrons. The highest BCUT2D eigenvalue weighted by atomic mass is 16.3. The number of carbonyl (C=O) groups is 1. The molecule has 4 nitrogen and oxygen atoms in total. The molecule has 0 aliphatic carbocycles. The minimum Gasteiger partial charge on any atom is -0.506 e. The number of hydrogen-bond donors (Lipinski definition) is 3. The molecular formula is C14H22N2O2. The molecule has 18 heavy (non-hydrogen) atoms. The number of rotatable bonds is 7. The van der Waals surface area contributed by atoms with E-state index in [9.17, 15) is 9.90 Å². The first-order valence-electron chi connectivity index (χ1n) is 6.57. The Morgan fingerprint density at radius 3 is 2.61 bits per heavy atom. The first kappa shape index (κ1) is 14.4. The summed E-state index contributed by atoms with van der Waals surface area (Å²) in [7, 11) is 0. The highest BCUT2D eigenvalue weighted by molar-refractivity contribution is 5.90. The van der Waals surface area contributed by atoms with E-state index in [1.54, 1.807) is 24.3 Å². The summed E-state index contributed by atoms with van der Waals surface area (Å²) < 4.78 is 0. The van der Waals surface area contributed by atoms with Crippen molar-refractivity contribution in [1.82, 2.24) is 5.32 Å². The molecule has 0 fully saturated rings. The molecular weight excluding hydrogens is 228 g/mol. The summed E-state index contributed by atoms with van der Waals surface area (Å²) in [5.41, 5.74) is 0.431. The lowest BCUT2D eigenvalue weighted by atomic mass is 10.1. The van der Waals surface area contributed by atoms with Crippen molar-refractivity contribution in [2.45, 2.75) is 39.0 Å². The van der Waals surface area contributed by atoms with E-state index in [1.807, 2.05) is 0 Å². The Bertz CT molecular complexity index is 367. The van der Waals surface area contributed by atoms with Crippen LogP contribution in [0.4, 0.5) is 10.5 Å². The molecule has 0 unspecified atom stereocenters. The smallest absolute Gasteiger partial charge is 0.319 e. The van der Waals surface area contributed by atoms with E-state index in [0.717, 1.165) is 12.8 Å². The highest BCUT2D eigenvalue weighted by Crippen LogP contribution is 2.20. The van der Waals surface area contributed by atoms with Crippen molar-refractivity contribution in [2.24, 2.45) is 0 Å². The molecule has 0 radical (unpaired) electrons. The van der Waals surface area contributed by atoms with Gasteiger partial charge in [0.25, 0.3) is 0 Å². The molecule has 0 bridgehead atoms. The van der Waals surface area contributed by atoms with Crippen molar-refractivity contribution in [3.63, 3.8) is 0 Å². The van der Waals surface area contributed by atoms with Gasteiger partial charge in [-0.1, -0.05) is 44.7 Å². The van der Waals surface area contributed by atoms with Crippen molar-refractivity contribution < 1.29 is 9.90 Å². The van der Waals surface area contributed by atoms with E-state index in [0.29, 0.717) is 12.2 Å². The zero-order valence-corrected chi connectivity index (χ0v) is 10.9. The largest absolute Gasteiger partial charge is 0.506 e. The highest BCUT2D eigenvalue weighted by Gasteiger charge is 2.03. The maximum absolute atomic E-state index is 11.5. The SMILES string of the molecule is CCCCCCCNC(=O)Nc1ccccc1O. The van der Waals surface area contributed by atoms with E-state index < -0.39 is 0 Å². The van der Waals surface area contributed by atoms with Gasteiger partial charge in [0.1, 0.15) is 5.75 Å². The summed E-state index contributed by atoms with van der Waals surface area (Å²) in [5, 5.41) is 14.9. The number of para-hydroxylation sites is 2. The lowest BCUT2D eigenvalue weighted by molar-refractivity contribution is 0.251. The number of nitrogens with one attached hydrogen (secondary N) is 2. The Morgan fingerprint density at radius 2 is 1.89 bits per heavy atom. The van der Waals surface area contributed by atoms with Gasteiger partial charge in [0.05, 0.1) is 5.69 Å². The lowest BCUT2D eigenvalue weighted by Gasteiger charge is -2.08. The van der Waals surface area contributed by atoms with Crippen molar-refractivity contribution in [1.29, 1.82) is 0 Å². The number of benzene rings is 1. The summed E-state index contributed by atoms with van der Waals surface area (Å²) in [5.74, 6) is 0.0793. The molecule has 0 heterocycles. The molecule has 3 N–H and O–H groups in total. The molecule has 1 rings (SSSR count). The van der Waals surface area contributed by atoms with Crippen LogP contribution in [0.2, 0.25) is 0 Å². The fourth-order valence-corrected chi connectivity index (χ4v) is 1.68. The van der Waals surface area contributed by atoms with E-state index in [-0.39, 0.29) is 11.8 Å². The molecule has 0 atom stereocenters. The van der Waals surface area contributed by atoms with E-state index >= 15 is 0 Å². The van der Waals surface area contributed by atoms with Gasteiger partial charge < -0.3 is 15.7 Å². The average molecular weight is 250 g/mol. The van der Waals surface area contributed by atoms with Crippen LogP contribution in [0.1, 0.15) is 39.0 Å². The van der Waals surface area contributed by atoms with Crippen molar-refractivity contribution >= 4 is 11.7 Å². The number of anilines is 1. The van der Waals surface area contributed by atoms with E-state index in [4.69, 9.17) is 0 Å². The van der Waals surface area contributed by atoms with Crippen LogP contribution >= 0.6 is 0 Å². The maximum Gasteiger partial charge on any atom is 0.319 e. The standard InChI is InChI=1S/C14H22N2O2/c1-2-3-4-5-8-11-15-14(18)16-12-9-6-7-10-13(12)17/h6-7,9-10,17H,2-5,8,11H2,1H3,(H2,15,16,18). The second-order valence-corrected chi connectivity index (χ2v) is 4.31. The van der Waals surface area contributed by atoms with Gasteiger partial charge in [0, 0.05) is 6.54 Å². The maximum atomic E-state index is 11.5. The third-order valence-electron chi connectivity index (χ3n) is 2.72. The number of unbranched alkanes of at least 4 members (excludes halogenated alkanes) is 4. The van der Waals surface area contributed by atoms with Gasteiger partial charge in [-0.2, -0.15) is 0 Å². The minimum absolute atomic E-state index is 0.0793. The first-order chi connectivity index (χ1) is 8.74. The second kappa shape index (κ2) is 8.39. The third kappa shape index (κ3) is 5.57.